The molecular formula is C21H23BrF3N3O4S. The van der Waals surface area contributed by atoms with E-state index >= 15 is 0 Å². The van der Waals surface area contributed by atoms with Gasteiger partial charge in [-0.25, -0.2) is 8.42 Å². The summed E-state index contributed by atoms with van der Waals surface area (Å²) in [5.41, 5.74) is -0.694. The molecule has 0 saturated carbocycles. The number of nitrogens with one attached hydrogen (secondary N) is 1. The van der Waals surface area contributed by atoms with Crippen molar-refractivity contribution >= 4 is 43.5 Å². The van der Waals surface area contributed by atoms with Crippen molar-refractivity contribution in [1.29, 1.82) is 0 Å². The van der Waals surface area contributed by atoms with E-state index in [0.29, 0.717) is 15.9 Å². The first kappa shape index (κ1) is 26.7. The number of likely N-dealkylation sites (N-methyl/N-ethyl adjacent to an activating group) is 1. The average Bonchev–Trinajstić information content (AvgIpc) is 2.73. The van der Waals surface area contributed by atoms with Gasteiger partial charge in [-0.1, -0.05) is 34.1 Å². The first-order valence-electron chi connectivity index (χ1n) is 9.64. The number of benzene rings is 2. The summed E-state index contributed by atoms with van der Waals surface area (Å²) in [4.78, 5) is 26.6. The van der Waals surface area contributed by atoms with E-state index in [0.717, 1.165) is 22.9 Å². The SMILES string of the molecule is CNC(=O)C(C)N(Cc1cccc(Br)c1)C(=O)CN(c1cccc(C(F)(F)F)c1)S(C)(=O)=O. The van der Waals surface area contributed by atoms with E-state index in [1.54, 1.807) is 24.3 Å². The number of sulfonamides is 1. The largest absolute Gasteiger partial charge is 0.416 e. The van der Waals surface area contributed by atoms with Crippen LogP contribution in [0.4, 0.5) is 18.9 Å². The van der Waals surface area contributed by atoms with E-state index in [2.05, 4.69) is 21.2 Å². The van der Waals surface area contributed by atoms with Gasteiger partial charge in [-0.05, 0) is 42.8 Å². The zero-order valence-corrected chi connectivity index (χ0v) is 20.5. The molecule has 0 saturated heterocycles. The number of alkyl halides is 3. The average molecular weight is 550 g/mol. The number of amides is 2. The van der Waals surface area contributed by atoms with E-state index in [1.165, 1.54) is 24.9 Å². The number of nitrogens with zero attached hydrogens (tertiary/aromatic N) is 2. The van der Waals surface area contributed by atoms with Crippen molar-refractivity contribution < 1.29 is 31.2 Å². The third-order valence-electron chi connectivity index (χ3n) is 4.80. The highest BCUT2D eigenvalue weighted by Crippen LogP contribution is 2.32. The van der Waals surface area contributed by atoms with Crippen LogP contribution in [0.15, 0.2) is 53.0 Å². The molecule has 12 heteroatoms. The highest BCUT2D eigenvalue weighted by atomic mass is 79.9. The number of anilines is 1. The van der Waals surface area contributed by atoms with Crippen molar-refractivity contribution in [2.45, 2.75) is 25.7 Å². The maximum absolute atomic E-state index is 13.2. The topological polar surface area (TPSA) is 86.8 Å². The summed E-state index contributed by atoms with van der Waals surface area (Å²) in [7, 11) is -2.73. The van der Waals surface area contributed by atoms with Crippen LogP contribution in [0, 0.1) is 0 Å². The zero-order chi connectivity index (χ0) is 25.0. The Morgan fingerprint density at radius 2 is 1.76 bits per heavy atom. The fraction of sp³-hybridized carbons (Fsp3) is 0.333. The van der Waals surface area contributed by atoms with Crippen LogP contribution >= 0.6 is 15.9 Å². The fourth-order valence-corrected chi connectivity index (χ4v) is 4.36. The molecule has 0 radical (unpaired) electrons. The number of rotatable bonds is 8. The van der Waals surface area contributed by atoms with Crippen LogP contribution < -0.4 is 9.62 Å². The van der Waals surface area contributed by atoms with Gasteiger partial charge < -0.3 is 10.2 Å². The van der Waals surface area contributed by atoms with Gasteiger partial charge in [-0.2, -0.15) is 13.2 Å². The van der Waals surface area contributed by atoms with Gasteiger partial charge in [0.25, 0.3) is 0 Å². The van der Waals surface area contributed by atoms with E-state index in [4.69, 9.17) is 0 Å². The Hall–Kier alpha value is -2.60. The lowest BCUT2D eigenvalue weighted by Gasteiger charge is -2.31. The second-order valence-corrected chi connectivity index (χ2v) is 10.1. The lowest BCUT2D eigenvalue weighted by molar-refractivity contribution is -0.139. The molecule has 180 valence electrons. The molecule has 0 aliphatic heterocycles. The normalized spacial score (nSPS) is 12.7. The minimum Gasteiger partial charge on any atom is -0.357 e. The Morgan fingerprint density at radius 1 is 1.12 bits per heavy atom. The van der Waals surface area contributed by atoms with Gasteiger partial charge in [0.15, 0.2) is 0 Å². The number of carbonyl (C=O) groups is 2. The van der Waals surface area contributed by atoms with Crippen molar-refractivity contribution in [2.24, 2.45) is 0 Å². The minimum atomic E-state index is -4.69. The fourth-order valence-electron chi connectivity index (χ4n) is 3.07. The summed E-state index contributed by atoms with van der Waals surface area (Å²) >= 11 is 3.33. The quantitative estimate of drug-likeness (QED) is 0.546. The minimum absolute atomic E-state index is 0.0208. The summed E-state index contributed by atoms with van der Waals surface area (Å²) in [6.45, 7) is 0.673. The number of hydrogen-bond donors (Lipinski definition) is 1. The maximum Gasteiger partial charge on any atom is 0.416 e. The first-order valence-corrected chi connectivity index (χ1v) is 12.3. The summed E-state index contributed by atoms with van der Waals surface area (Å²) in [5, 5.41) is 2.44. The monoisotopic (exact) mass is 549 g/mol. The second kappa shape index (κ2) is 10.6. The van der Waals surface area contributed by atoms with E-state index < -0.39 is 46.2 Å². The highest BCUT2D eigenvalue weighted by Gasteiger charge is 2.33. The van der Waals surface area contributed by atoms with Crippen molar-refractivity contribution in [3.05, 3.63) is 64.1 Å². The van der Waals surface area contributed by atoms with Crippen LogP contribution in [0.1, 0.15) is 18.1 Å². The lowest BCUT2D eigenvalue weighted by Crippen LogP contribution is -2.50. The van der Waals surface area contributed by atoms with Crippen molar-refractivity contribution in [1.82, 2.24) is 10.2 Å². The van der Waals surface area contributed by atoms with E-state index in [1.807, 2.05) is 0 Å². The molecule has 0 heterocycles. The Labute approximate surface area is 198 Å². The molecule has 0 bridgehead atoms. The lowest BCUT2D eigenvalue weighted by atomic mass is 10.1. The summed E-state index contributed by atoms with van der Waals surface area (Å²) in [6, 6.07) is 9.70. The van der Waals surface area contributed by atoms with Crippen molar-refractivity contribution in [3.8, 4) is 0 Å². The molecule has 33 heavy (non-hydrogen) atoms. The third kappa shape index (κ3) is 7.19. The second-order valence-electron chi connectivity index (χ2n) is 7.26. The van der Waals surface area contributed by atoms with Crippen LogP contribution in [-0.4, -0.2) is 51.0 Å². The molecule has 2 rings (SSSR count). The molecule has 7 nitrogen and oxygen atoms in total. The van der Waals surface area contributed by atoms with Gasteiger partial charge in [0, 0.05) is 18.1 Å². The van der Waals surface area contributed by atoms with Crippen molar-refractivity contribution in [3.63, 3.8) is 0 Å². The van der Waals surface area contributed by atoms with Gasteiger partial charge in [0.1, 0.15) is 12.6 Å². The van der Waals surface area contributed by atoms with E-state index in [9.17, 15) is 31.2 Å². The maximum atomic E-state index is 13.2. The highest BCUT2D eigenvalue weighted by molar-refractivity contribution is 9.10. The van der Waals surface area contributed by atoms with Crippen molar-refractivity contribution in [2.75, 3.05) is 24.2 Å². The summed E-state index contributed by atoms with van der Waals surface area (Å²) in [6.07, 6.45) is -3.90. The third-order valence-corrected chi connectivity index (χ3v) is 6.43. The Morgan fingerprint density at radius 3 is 2.30 bits per heavy atom. The molecule has 0 aliphatic rings. The van der Waals surface area contributed by atoms with Crippen LogP contribution in [0.5, 0.6) is 0 Å². The predicted octanol–water partition coefficient (Wildman–Crippen LogP) is 3.40. The smallest absolute Gasteiger partial charge is 0.357 e. The molecule has 0 aliphatic carbocycles. The molecule has 0 fully saturated rings. The molecule has 1 unspecified atom stereocenters. The molecular weight excluding hydrogens is 527 g/mol. The summed E-state index contributed by atoms with van der Waals surface area (Å²) in [5.74, 6) is -1.24. The van der Waals surface area contributed by atoms with Gasteiger partial charge in [0.05, 0.1) is 17.5 Å². The molecule has 1 atom stereocenters. The van der Waals surface area contributed by atoms with Crippen LogP contribution in [-0.2, 0) is 32.3 Å². The van der Waals surface area contributed by atoms with E-state index in [-0.39, 0.29) is 12.2 Å². The van der Waals surface area contributed by atoms with Crippen LogP contribution in [0.3, 0.4) is 0 Å². The van der Waals surface area contributed by atoms with Crippen LogP contribution in [0.2, 0.25) is 0 Å². The molecule has 0 spiro atoms. The van der Waals surface area contributed by atoms with Gasteiger partial charge >= 0.3 is 6.18 Å². The van der Waals surface area contributed by atoms with Gasteiger partial charge in [-0.3, -0.25) is 13.9 Å². The number of halogens is 4. The number of carbonyl (C=O) groups excluding carboxylic acids is 2. The van der Waals surface area contributed by atoms with Gasteiger partial charge in [-0.15, -0.1) is 0 Å². The molecule has 2 aromatic rings. The standard InChI is InChI=1S/C21H23BrF3N3O4S/c1-14(20(30)26-2)27(12-15-6-4-8-17(22)10-15)19(29)13-28(33(3,31)32)18-9-5-7-16(11-18)21(23,24)25/h4-11,14H,12-13H2,1-3H3,(H,26,30). The Balaban J connectivity index is 2.43. The molecule has 2 amide bonds. The van der Waals surface area contributed by atoms with Crippen LogP contribution in [0.25, 0.3) is 0 Å². The zero-order valence-electron chi connectivity index (χ0n) is 18.1. The molecule has 0 aromatic heterocycles. The predicted molar refractivity (Wildman–Crippen MR) is 122 cm³/mol. The number of hydrogen-bond acceptors (Lipinski definition) is 4. The Kier molecular flexibility index (Phi) is 8.52. The Bertz CT molecular complexity index is 1130. The molecule has 1 N–H and O–H groups in total. The summed E-state index contributed by atoms with van der Waals surface area (Å²) < 4.78 is 65.5. The first-order chi connectivity index (χ1) is 15.2. The van der Waals surface area contributed by atoms with Gasteiger partial charge in [0.2, 0.25) is 21.8 Å². The molecule has 2 aromatic carbocycles.